The Morgan fingerprint density at radius 3 is 1.89 bits per heavy atom. The van der Waals surface area contributed by atoms with Crippen molar-refractivity contribution in [3.05, 3.63) is 72.1 Å². The first-order valence-corrected chi connectivity index (χ1v) is 10.8. The molecule has 4 nitrogen and oxygen atoms in total. The van der Waals surface area contributed by atoms with Crippen LogP contribution in [0.4, 0.5) is 0 Å². The number of aliphatic hydroxyl groups is 3. The zero-order valence-corrected chi connectivity index (χ0v) is 16.2. The van der Waals surface area contributed by atoms with Gasteiger partial charge in [0.05, 0.1) is 12.2 Å². The van der Waals surface area contributed by atoms with Gasteiger partial charge >= 0.3 is 0 Å². The van der Waals surface area contributed by atoms with Gasteiger partial charge in [0.25, 0.3) is 0 Å². The van der Waals surface area contributed by atoms with Gasteiger partial charge in [-0.05, 0) is 37.8 Å². The van der Waals surface area contributed by atoms with Crippen LogP contribution in [0.3, 0.4) is 0 Å². The third-order valence-corrected chi connectivity index (χ3v) is 7.03. The highest BCUT2D eigenvalue weighted by molar-refractivity contribution is 7.75. The van der Waals surface area contributed by atoms with Crippen LogP contribution in [-0.2, 0) is 4.74 Å². The van der Waals surface area contributed by atoms with E-state index in [1.807, 2.05) is 36.4 Å². The SMILES string of the molecule is OCCCOC1[C@H](O)CC(=CP(c2ccccc2)c2ccccc2)C[C@@H]1O. The molecular weight excluding hydrogens is 359 g/mol. The molecule has 1 aliphatic rings. The van der Waals surface area contributed by atoms with Gasteiger partial charge in [-0.3, -0.25) is 0 Å². The minimum Gasteiger partial charge on any atom is -0.396 e. The van der Waals surface area contributed by atoms with Crippen molar-refractivity contribution >= 4 is 18.5 Å². The normalized spacial score (nSPS) is 24.4. The maximum Gasteiger partial charge on any atom is 0.110 e. The molecule has 0 aromatic heterocycles. The van der Waals surface area contributed by atoms with E-state index >= 15 is 0 Å². The van der Waals surface area contributed by atoms with E-state index in [9.17, 15) is 10.2 Å². The van der Waals surface area contributed by atoms with Crippen molar-refractivity contribution in [3.8, 4) is 0 Å². The van der Waals surface area contributed by atoms with Gasteiger partial charge in [-0.2, -0.15) is 0 Å². The molecule has 1 saturated carbocycles. The predicted octanol–water partition coefficient (Wildman–Crippen LogP) is 2.29. The maximum absolute atomic E-state index is 10.5. The van der Waals surface area contributed by atoms with Gasteiger partial charge in [0, 0.05) is 13.2 Å². The molecule has 0 heterocycles. The quantitative estimate of drug-likeness (QED) is 0.505. The number of rotatable bonds is 7. The Morgan fingerprint density at radius 2 is 1.41 bits per heavy atom. The summed E-state index contributed by atoms with van der Waals surface area (Å²) >= 11 is 0. The molecule has 2 aromatic rings. The highest BCUT2D eigenvalue weighted by Gasteiger charge is 2.34. The van der Waals surface area contributed by atoms with E-state index < -0.39 is 26.2 Å². The molecule has 5 heteroatoms. The van der Waals surface area contributed by atoms with E-state index in [2.05, 4.69) is 30.1 Å². The second-order valence-electron chi connectivity index (χ2n) is 6.78. The van der Waals surface area contributed by atoms with Crippen LogP contribution in [0.25, 0.3) is 0 Å². The number of ether oxygens (including phenoxy) is 1. The van der Waals surface area contributed by atoms with Gasteiger partial charge in [0.1, 0.15) is 6.10 Å². The van der Waals surface area contributed by atoms with Gasteiger partial charge in [-0.1, -0.05) is 72.1 Å². The Morgan fingerprint density at radius 1 is 0.889 bits per heavy atom. The molecule has 0 amide bonds. The molecule has 1 unspecified atom stereocenters. The third kappa shape index (κ3) is 5.47. The van der Waals surface area contributed by atoms with Crippen LogP contribution in [0.2, 0.25) is 0 Å². The van der Waals surface area contributed by atoms with Crippen LogP contribution in [0.15, 0.2) is 72.1 Å². The smallest absolute Gasteiger partial charge is 0.110 e. The number of benzene rings is 2. The zero-order chi connectivity index (χ0) is 19.1. The predicted molar refractivity (Wildman–Crippen MR) is 110 cm³/mol. The van der Waals surface area contributed by atoms with Crippen molar-refractivity contribution in [2.45, 2.75) is 37.6 Å². The minimum absolute atomic E-state index is 0.0442. The van der Waals surface area contributed by atoms with Gasteiger partial charge in [0.2, 0.25) is 0 Å². The topological polar surface area (TPSA) is 69.9 Å². The van der Waals surface area contributed by atoms with Gasteiger partial charge in [-0.25, -0.2) is 0 Å². The Hall–Kier alpha value is -1.55. The van der Waals surface area contributed by atoms with Crippen LogP contribution in [0.1, 0.15) is 19.3 Å². The number of hydrogen-bond acceptors (Lipinski definition) is 4. The zero-order valence-electron chi connectivity index (χ0n) is 15.3. The first-order valence-electron chi connectivity index (χ1n) is 9.36. The molecule has 0 saturated heterocycles. The molecule has 0 aliphatic heterocycles. The summed E-state index contributed by atoms with van der Waals surface area (Å²) in [5.74, 6) is 2.23. The third-order valence-electron chi connectivity index (χ3n) is 4.69. The summed E-state index contributed by atoms with van der Waals surface area (Å²) in [6.45, 7) is 0.386. The maximum atomic E-state index is 10.5. The van der Waals surface area contributed by atoms with Crippen LogP contribution in [0, 0.1) is 0 Å². The van der Waals surface area contributed by atoms with E-state index in [0.29, 0.717) is 25.9 Å². The van der Waals surface area contributed by atoms with E-state index in [1.54, 1.807) is 0 Å². The molecule has 27 heavy (non-hydrogen) atoms. The van der Waals surface area contributed by atoms with Crippen LogP contribution in [-0.4, -0.2) is 46.8 Å². The van der Waals surface area contributed by atoms with Crippen molar-refractivity contribution in [2.24, 2.45) is 0 Å². The summed E-state index contributed by atoms with van der Waals surface area (Å²) < 4.78 is 5.59. The van der Waals surface area contributed by atoms with Gasteiger partial charge in [0.15, 0.2) is 0 Å². The lowest BCUT2D eigenvalue weighted by Gasteiger charge is -2.34. The fourth-order valence-corrected chi connectivity index (χ4v) is 5.54. The van der Waals surface area contributed by atoms with Gasteiger partial charge in [-0.15, -0.1) is 0 Å². The highest BCUT2D eigenvalue weighted by atomic mass is 31.1. The van der Waals surface area contributed by atoms with Crippen molar-refractivity contribution in [1.82, 2.24) is 0 Å². The lowest BCUT2D eigenvalue weighted by Crippen LogP contribution is -2.44. The molecule has 0 bridgehead atoms. The highest BCUT2D eigenvalue weighted by Crippen LogP contribution is 2.40. The fraction of sp³-hybridized carbons (Fsp3) is 0.364. The summed E-state index contributed by atoms with van der Waals surface area (Å²) in [5.41, 5.74) is 1.07. The number of aliphatic hydroxyl groups excluding tert-OH is 3. The summed E-state index contributed by atoms with van der Waals surface area (Å²) in [6.07, 6.45) is -0.553. The second kappa shape index (κ2) is 10.1. The summed E-state index contributed by atoms with van der Waals surface area (Å²) in [4.78, 5) is 0. The Balaban J connectivity index is 1.80. The van der Waals surface area contributed by atoms with Crippen molar-refractivity contribution < 1.29 is 20.1 Å². The molecule has 3 rings (SSSR count). The lowest BCUT2D eigenvalue weighted by molar-refractivity contribution is -0.111. The molecule has 144 valence electrons. The van der Waals surface area contributed by atoms with Crippen LogP contribution in [0.5, 0.6) is 0 Å². The molecule has 1 fully saturated rings. The van der Waals surface area contributed by atoms with Crippen molar-refractivity contribution in [1.29, 1.82) is 0 Å². The summed E-state index contributed by atoms with van der Waals surface area (Å²) in [5, 5.41) is 32.3. The van der Waals surface area contributed by atoms with E-state index in [-0.39, 0.29) is 6.61 Å². The van der Waals surface area contributed by atoms with Crippen LogP contribution >= 0.6 is 7.92 Å². The average molecular weight is 386 g/mol. The van der Waals surface area contributed by atoms with E-state index in [4.69, 9.17) is 9.84 Å². The fourth-order valence-electron chi connectivity index (χ4n) is 3.38. The minimum atomic E-state index is -0.734. The lowest BCUT2D eigenvalue weighted by atomic mass is 9.88. The molecule has 0 spiro atoms. The van der Waals surface area contributed by atoms with E-state index in [1.165, 1.54) is 10.6 Å². The monoisotopic (exact) mass is 386 g/mol. The second-order valence-corrected chi connectivity index (χ2v) is 8.81. The largest absolute Gasteiger partial charge is 0.396 e. The average Bonchev–Trinajstić information content (AvgIpc) is 2.69. The molecule has 2 aromatic carbocycles. The molecule has 1 aliphatic carbocycles. The Bertz CT molecular complexity index is 666. The van der Waals surface area contributed by atoms with Crippen molar-refractivity contribution in [2.75, 3.05) is 13.2 Å². The van der Waals surface area contributed by atoms with Crippen molar-refractivity contribution in [3.63, 3.8) is 0 Å². The summed E-state index contributed by atoms with van der Waals surface area (Å²) in [7, 11) is -0.698. The molecular formula is C22H27O4P. The van der Waals surface area contributed by atoms with Gasteiger partial charge < -0.3 is 20.1 Å². The first kappa shape index (κ1) is 20.2. The Labute approximate surface area is 161 Å². The number of hydrogen-bond donors (Lipinski definition) is 3. The molecule has 3 N–H and O–H groups in total. The van der Waals surface area contributed by atoms with E-state index in [0.717, 1.165) is 5.57 Å². The van der Waals surface area contributed by atoms with Crippen LogP contribution < -0.4 is 10.6 Å². The summed E-state index contributed by atoms with van der Waals surface area (Å²) in [6, 6.07) is 20.7. The first-order chi connectivity index (χ1) is 13.2. The Kier molecular flexibility index (Phi) is 7.57. The molecule has 3 atom stereocenters. The molecule has 0 radical (unpaired) electrons. The standard InChI is InChI=1S/C22H27O4P/c23-12-7-13-26-22-20(24)14-17(15-21(22)25)16-27(18-8-3-1-4-9-18)19-10-5-2-6-11-19/h1-6,8-11,16,20-25H,7,12-15H2/t20-,21+,22?.